The number of aromatic nitrogens is 2. The summed E-state index contributed by atoms with van der Waals surface area (Å²) in [6, 6.07) is 0.422. The lowest BCUT2D eigenvalue weighted by Crippen LogP contribution is -2.33. The fourth-order valence-electron chi connectivity index (χ4n) is 3.22. The molecule has 1 aliphatic carbocycles. The molecule has 0 aliphatic heterocycles. The molecule has 1 aromatic rings. The van der Waals surface area contributed by atoms with E-state index in [0.717, 1.165) is 37.0 Å². The first kappa shape index (κ1) is 15.5. The SMILES string of the molecule is CCCNC(CC)C(C)c1nc(C2CCC(C)C2)no1. The largest absolute Gasteiger partial charge is 0.339 e. The third kappa shape index (κ3) is 3.60. The maximum Gasteiger partial charge on any atom is 0.231 e. The Hall–Kier alpha value is -0.900. The average molecular weight is 279 g/mol. The summed E-state index contributed by atoms with van der Waals surface area (Å²) in [5, 5.41) is 7.81. The second kappa shape index (κ2) is 7.21. The molecular formula is C16H29N3O. The summed E-state index contributed by atoms with van der Waals surface area (Å²) in [6.07, 6.45) is 5.94. The molecule has 20 heavy (non-hydrogen) atoms. The Morgan fingerprint density at radius 1 is 1.35 bits per heavy atom. The highest BCUT2D eigenvalue weighted by atomic mass is 16.5. The van der Waals surface area contributed by atoms with Gasteiger partial charge in [-0.05, 0) is 44.6 Å². The zero-order chi connectivity index (χ0) is 14.5. The van der Waals surface area contributed by atoms with E-state index in [-0.39, 0.29) is 5.92 Å². The fourth-order valence-corrected chi connectivity index (χ4v) is 3.22. The maximum atomic E-state index is 5.54. The molecule has 0 radical (unpaired) electrons. The molecule has 114 valence electrons. The van der Waals surface area contributed by atoms with Gasteiger partial charge in [-0.1, -0.05) is 32.9 Å². The van der Waals surface area contributed by atoms with Crippen LogP contribution in [0, 0.1) is 5.92 Å². The summed E-state index contributed by atoms with van der Waals surface area (Å²) in [7, 11) is 0. The molecule has 4 nitrogen and oxygen atoms in total. The molecule has 1 fully saturated rings. The lowest BCUT2D eigenvalue weighted by atomic mass is 9.99. The summed E-state index contributed by atoms with van der Waals surface area (Å²) >= 11 is 0. The average Bonchev–Trinajstić information content (AvgIpc) is 3.07. The predicted octanol–water partition coefficient (Wildman–Crippen LogP) is 3.85. The van der Waals surface area contributed by atoms with Crippen LogP contribution in [0.15, 0.2) is 4.52 Å². The lowest BCUT2D eigenvalue weighted by molar-refractivity contribution is 0.316. The van der Waals surface area contributed by atoms with Crippen LogP contribution in [0.3, 0.4) is 0 Å². The normalized spacial score (nSPS) is 25.8. The molecule has 4 unspecified atom stereocenters. The third-order valence-corrected chi connectivity index (χ3v) is 4.61. The van der Waals surface area contributed by atoms with Crippen LogP contribution in [0.5, 0.6) is 0 Å². The van der Waals surface area contributed by atoms with Gasteiger partial charge in [-0.15, -0.1) is 0 Å². The number of hydrogen-bond donors (Lipinski definition) is 1. The van der Waals surface area contributed by atoms with Gasteiger partial charge < -0.3 is 9.84 Å². The van der Waals surface area contributed by atoms with Gasteiger partial charge in [-0.3, -0.25) is 0 Å². The van der Waals surface area contributed by atoms with E-state index in [1.54, 1.807) is 0 Å². The van der Waals surface area contributed by atoms with Gasteiger partial charge >= 0.3 is 0 Å². The summed E-state index contributed by atoms with van der Waals surface area (Å²) in [5.74, 6) is 3.33. The lowest BCUT2D eigenvalue weighted by Gasteiger charge is -2.20. The smallest absolute Gasteiger partial charge is 0.231 e. The van der Waals surface area contributed by atoms with Crippen molar-refractivity contribution in [1.82, 2.24) is 15.5 Å². The van der Waals surface area contributed by atoms with E-state index in [9.17, 15) is 0 Å². The number of hydrogen-bond acceptors (Lipinski definition) is 4. The summed E-state index contributed by atoms with van der Waals surface area (Å²) < 4.78 is 5.54. The van der Waals surface area contributed by atoms with Crippen LogP contribution in [-0.4, -0.2) is 22.7 Å². The van der Waals surface area contributed by atoms with Crippen molar-refractivity contribution in [2.45, 2.75) is 77.7 Å². The monoisotopic (exact) mass is 279 g/mol. The van der Waals surface area contributed by atoms with Gasteiger partial charge in [0.25, 0.3) is 0 Å². The van der Waals surface area contributed by atoms with Gasteiger partial charge in [-0.2, -0.15) is 4.98 Å². The minimum absolute atomic E-state index is 0.284. The van der Waals surface area contributed by atoms with E-state index in [1.165, 1.54) is 19.3 Å². The van der Waals surface area contributed by atoms with Crippen molar-refractivity contribution in [2.24, 2.45) is 5.92 Å². The number of nitrogens with one attached hydrogen (secondary N) is 1. The van der Waals surface area contributed by atoms with Crippen molar-refractivity contribution >= 4 is 0 Å². The van der Waals surface area contributed by atoms with Crippen molar-refractivity contribution in [3.63, 3.8) is 0 Å². The highest BCUT2D eigenvalue weighted by molar-refractivity contribution is 5.03. The van der Waals surface area contributed by atoms with Crippen molar-refractivity contribution in [3.05, 3.63) is 11.7 Å². The second-order valence-corrected chi connectivity index (χ2v) is 6.36. The first-order chi connectivity index (χ1) is 9.65. The molecule has 1 heterocycles. The third-order valence-electron chi connectivity index (χ3n) is 4.61. The second-order valence-electron chi connectivity index (χ2n) is 6.36. The minimum Gasteiger partial charge on any atom is -0.339 e. The van der Waals surface area contributed by atoms with Crippen LogP contribution in [0.2, 0.25) is 0 Å². The number of nitrogens with zero attached hydrogens (tertiary/aromatic N) is 2. The van der Waals surface area contributed by atoms with E-state index >= 15 is 0 Å². The van der Waals surface area contributed by atoms with Crippen molar-refractivity contribution in [2.75, 3.05) is 6.54 Å². The van der Waals surface area contributed by atoms with E-state index in [0.29, 0.717) is 12.0 Å². The molecule has 1 aromatic heterocycles. The zero-order valence-corrected chi connectivity index (χ0v) is 13.4. The van der Waals surface area contributed by atoms with Crippen molar-refractivity contribution in [3.8, 4) is 0 Å². The molecule has 4 atom stereocenters. The topological polar surface area (TPSA) is 51.0 Å². The van der Waals surface area contributed by atoms with Crippen molar-refractivity contribution in [1.29, 1.82) is 0 Å². The molecule has 0 bridgehead atoms. The van der Waals surface area contributed by atoms with Crippen LogP contribution in [-0.2, 0) is 0 Å². The molecule has 0 amide bonds. The first-order valence-corrected chi connectivity index (χ1v) is 8.22. The molecule has 2 rings (SSSR count). The van der Waals surface area contributed by atoms with E-state index in [4.69, 9.17) is 4.52 Å². The Bertz CT molecular complexity index is 404. The Morgan fingerprint density at radius 3 is 2.75 bits per heavy atom. The molecule has 0 saturated heterocycles. The van der Waals surface area contributed by atoms with Crippen LogP contribution in [0.4, 0.5) is 0 Å². The first-order valence-electron chi connectivity index (χ1n) is 8.22. The van der Waals surface area contributed by atoms with Crippen LogP contribution in [0.1, 0.15) is 83.3 Å². The van der Waals surface area contributed by atoms with E-state index in [2.05, 4.69) is 43.2 Å². The molecule has 1 aliphatic rings. The minimum atomic E-state index is 0.284. The summed E-state index contributed by atoms with van der Waals surface area (Å²) in [6.45, 7) is 9.94. The highest BCUT2D eigenvalue weighted by Gasteiger charge is 2.29. The molecule has 4 heteroatoms. The fraction of sp³-hybridized carbons (Fsp3) is 0.875. The Balaban J connectivity index is 1.99. The van der Waals surface area contributed by atoms with E-state index < -0.39 is 0 Å². The van der Waals surface area contributed by atoms with Crippen LogP contribution < -0.4 is 5.32 Å². The quantitative estimate of drug-likeness (QED) is 0.823. The predicted molar refractivity (Wildman–Crippen MR) is 80.8 cm³/mol. The maximum absolute atomic E-state index is 5.54. The molecular weight excluding hydrogens is 250 g/mol. The van der Waals surface area contributed by atoms with Crippen LogP contribution >= 0.6 is 0 Å². The van der Waals surface area contributed by atoms with Gasteiger partial charge in [-0.25, -0.2) is 0 Å². The zero-order valence-electron chi connectivity index (χ0n) is 13.4. The standard InChI is InChI=1S/C16H29N3O/c1-5-9-17-14(6-2)12(4)16-18-15(19-20-16)13-8-7-11(3)10-13/h11-14,17H,5-10H2,1-4H3. The highest BCUT2D eigenvalue weighted by Crippen LogP contribution is 2.37. The summed E-state index contributed by atoms with van der Waals surface area (Å²) in [4.78, 5) is 4.69. The molecule has 0 aromatic carbocycles. The Morgan fingerprint density at radius 2 is 2.15 bits per heavy atom. The number of rotatable bonds is 7. The molecule has 1 saturated carbocycles. The van der Waals surface area contributed by atoms with Gasteiger partial charge in [0, 0.05) is 12.0 Å². The van der Waals surface area contributed by atoms with Gasteiger partial charge in [0.2, 0.25) is 5.89 Å². The van der Waals surface area contributed by atoms with Gasteiger partial charge in [0.05, 0.1) is 5.92 Å². The summed E-state index contributed by atoms with van der Waals surface area (Å²) in [5.41, 5.74) is 0. The van der Waals surface area contributed by atoms with E-state index in [1.807, 2.05) is 0 Å². The Labute approximate surface area is 122 Å². The van der Waals surface area contributed by atoms with Crippen molar-refractivity contribution < 1.29 is 4.52 Å². The van der Waals surface area contributed by atoms with Gasteiger partial charge in [0.1, 0.15) is 0 Å². The molecule has 0 spiro atoms. The van der Waals surface area contributed by atoms with Gasteiger partial charge in [0.15, 0.2) is 5.82 Å². The molecule has 1 N–H and O–H groups in total. The van der Waals surface area contributed by atoms with Crippen LogP contribution in [0.25, 0.3) is 0 Å². The Kier molecular flexibility index (Phi) is 5.58.